The van der Waals surface area contributed by atoms with E-state index >= 15 is 0 Å². The lowest BCUT2D eigenvalue weighted by molar-refractivity contribution is -0.118. The zero-order chi connectivity index (χ0) is 20.5. The number of methoxy groups -OCH3 is 1. The van der Waals surface area contributed by atoms with E-state index in [9.17, 15) is 4.79 Å². The van der Waals surface area contributed by atoms with Gasteiger partial charge in [-0.1, -0.05) is 36.4 Å². The van der Waals surface area contributed by atoms with Crippen molar-refractivity contribution < 1.29 is 19.0 Å². The minimum Gasteiger partial charge on any atom is -0.493 e. The van der Waals surface area contributed by atoms with Crippen LogP contribution in [0.2, 0.25) is 0 Å². The van der Waals surface area contributed by atoms with Crippen molar-refractivity contribution in [2.75, 3.05) is 19.0 Å². The molecule has 0 radical (unpaired) electrons. The number of hydrogen-bond donors (Lipinski definition) is 1. The number of anilines is 1. The molecule has 0 aliphatic carbocycles. The molecule has 5 heteroatoms. The lowest BCUT2D eigenvalue weighted by atomic mass is 10.2. The Bertz CT molecular complexity index is 966. The second-order valence-electron chi connectivity index (χ2n) is 6.19. The van der Waals surface area contributed by atoms with Gasteiger partial charge in [-0.3, -0.25) is 4.79 Å². The Morgan fingerprint density at radius 1 is 0.931 bits per heavy atom. The first-order chi connectivity index (χ1) is 14.2. The van der Waals surface area contributed by atoms with Gasteiger partial charge in [0.1, 0.15) is 11.5 Å². The first-order valence-electron chi connectivity index (χ1n) is 9.24. The van der Waals surface area contributed by atoms with Gasteiger partial charge in [0, 0.05) is 5.69 Å². The molecule has 0 heterocycles. The first-order valence-corrected chi connectivity index (χ1v) is 9.24. The van der Waals surface area contributed by atoms with Gasteiger partial charge in [0.15, 0.2) is 18.1 Å². The minimum absolute atomic E-state index is 0.123. The smallest absolute Gasteiger partial charge is 0.262 e. The Kier molecular flexibility index (Phi) is 6.90. The van der Waals surface area contributed by atoms with Gasteiger partial charge in [0.2, 0.25) is 0 Å². The highest BCUT2D eigenvalue weighted by Gasteiger charge is 2.09. The van der Waals surface area contributed by atoms with Gasteiger partial charge in [0.05, 0.1) is 7.11 Å². The molecule has 0 saturated carbocycles. The second kappa shape index (κ2) is 9.99. The van der Waals surface area contributed by atoms with Crippen LogP contribution in [0.3, 0.4) is 0 Å². The van der Waals surface area contributed by atoms with Crippen molar-refractivity contribution >= 4 is 17.7 Å². The predicted molar refractivity (Wildman–Crippen MR) is 115 cm³/mol. The standard InChI is InChI=1S/C24H23NO4/c1-3-7-18-10-15-22(23(16-18)27-2)28-17-24(26)25-19-11-13-21(14-12-19)29-20-8-5-4-6-9-20/h3-16H,17H2,1-2H3,(H,25,26)/b7-3+. The third kappa shape index (κ3) is 5.87. The molecule has 0 aliphatic heterocycles. The van der Waals surface area contributed by atoms with Gasteiger partial charge in [0.25, 0.3) is 5.91 Å². The first kappa shape index (κ1) is 20.0. The summed E-state index contributed by atoms with van der Waals surface area (Å²) in [6, 6.07) is 22.2. The number of allylic oxidation sites excluding steroid dienone is 1. The Morgan fingerprint density at radius 2 is 1.66 bits per heavy atom. The highest BCUT2D eigenvalue weighted by molar-refractivity contribution is 5.92. The normalized spacial score (nSPS) is 10.6. The number of carbonyl (C=O) groups is 1. The molecule has 1 N–H and O–H groups in total. The number of nitrogens with one attached hydrogen (secondary N) is 1. The van der Waals surface area contributed by atoms with Crippen LogP contribution in [0.15, 0.2) is 78.9 Å². The fourth-order valence-electron chi connectivity index (χ4n) is 2.67. The molecule has 0 unspecified atom stereocenters. The lowest BCUT2D eigenvalue weighted by Crippen LogP contribution is -2.20. The highest BCUT2D eigenvalue weighted by Crippen LogP contribution is 2.28. The summed E-state index contributed by atoms with van der Waals surface area (Å²) in [5.74, 6) is 2.28. The van der Waals surface area contributed by atoms with Crippen LogP contribution >= 0.6 is 0 Å². The molecule has 0 spiro atoms. The zero-order valence-corrected chi connectivity index (χ0v) is 16.4. The number of benzene rings is 3. The number of carbonyl (C=O) groups excluding carboxylic acids is 1. The Morgan fingerprint density at radius 3 is 2.34 bits per heavy atom. The number of rotatable bonds is 8. The van der Waals surface area contributed by atoms with Crippen LogP contribution in [0.1, 0.15) is 12.5 Å². The summed E-state index contributed by atoms with van der Waals surface area (Å²) < 4.78 is 16.7. The number of ether oxygens (including phenoxy) is 3. The van der Waals surface area contributed by atoms with Gasteiger partial charge in [-0.15, -0.1) is 0 Å². The average molecular weight is 389 g/mol. The molecule has 3 aromatic carbocycles. The molecule has 3 aromatic rings. The monoisotopic (exact) mass is 389 g/mol. The van der Waals surface area contributed by atoms with E-state index in [2.05, 4.69) is 5.32 Å². The second-order valence-corrected chi connectivity index (χ2v) is 6.19. The molecule has 3 rings (SSSR count). The molecular weight excluding hydrogens is 366 g/mol. The Labute approximate surface area is 170 Å². The summed E-state index contributed by atoms with van der Waals surface area (Å²) in [5, 5.41) is 2.80. The van der Waals surface area contributed by atoms with E-state index < -0.39 is 0 Å². The summed E-state index contributed by atoms with van der Waals surface area (Å²) in [7, 11) is 1.57. The Balaban J connectivity index is 1.54. The van der Waals surface area contributed by atoms with Crippen LogP contribution in [0.4, 0.5) is 5.69 Å². The minimum atomic E-state index is -0.263. The molecule has 0 aromatic heterocycles. The van der Waals surface area contributed by atoms with E-state index in [4.69, 9.17) is 14.2 Å². The molecule has 0 aliphatic rings. The van der Waals surface area contributed by atoms with E-state index in [1.54, 1.807) is 37.4 Å². The van der Waals surface area contributed by atoms with Crippen LogP contribution in [0, 0.1) is 0 Å². The van der Waals surface area contributed by atoms with Gasteiger partial charge in [-0.2, -0.15) is 0 Å². The predicted octanol–water partition coefficient (Wildman–Crippen LogP) is 5.54. The maximum Gasteiger partial charge on any atom is 0.262 e. The van der Waals surface area contributed by atoms with Crippen molar-refractivity contribution in [3.05, 3.63) is 84.4 Å². The molecule has 0 bridgehead atoms. The van der Waals surface area contributed by atoms with Crippen molar-refractivity contribution in [2.45, 2.75) is 6.92 Å². The molecule has 1 amide bonds. The number of hydrogen-bond acceptors (Lipinski definition) is 4. The summed E-state index contributed by atoms with van der Waals surface area (Å²) in [6.07, 6.45) is 3.91. The fourth-order valence-corrected chi connectivity index (χ4v) is 2.67. The third-order valence-corrected chi connectivity index (χ3v) is 4.02. The fraction of sp³-hybridized carbons (Fsp3) is 0.125. The molecule has 5 nitrogen and oxygen atoms in total. The topological polar surface area (TPSA) is 56.8 Å². The SMILES string of the molecule is C/C=C/c1ccc(OCC(=O)Nc2ccc(Oc3ccccc3)cc2)c(OC)c1. The highest BCUT2D eigenvalue weighted by atomic mass is 16.5. The largest absolute Gasteiger partial charge is 0.493 e. The van der Waals surface area contributed by atoms with Gasteiger partial charge in [-0.25, -0.2) is 0 Å². The zero-order valence-electron chi connectivity index (χ0n) is 16.4. The lowest BCUT2D eigenvalue weighted by Gasteiger charge is -2.12. The summed E-state index contributed by atoms with van der Waals surface area (Å²) in [6.45, 7) is 1.82. The molecular formula is C24H23NO4. The van der Waals surface area contributed by atoms with E-state index in [-0.39, 0.29) is 12.5 Å². The Hall–Kier alpha value is -3.73. The van der Waals surface area contributed by atoms with Crippen LogP contribution in [-0.2, 0) is 4.79 Å². The van der Waals surface area contributed by atoms with Crippen molar-refractivity contribution in [2.24, 2.45) is 0 Å². The molecule has 0 fully saturated rings. The number of para-hydroxylation sites is 1. The quantitative estimate of drug-likeness (QED) is 0.550. The van der Waals surface area contributed by atoms with Gasteiger partial charge in [-0.05, 0) is 61.0 Å². The van der Waals surface area contributed by atoms with E-state index in [1.807, 2.05) is 61.5 Å². The van der Waals surface area contributed by atoms with Gasteiger partial charge < -0.3 is 19.5 Å². The van der Waals surface area contributed by atoms with Crippen LogP contribution in [-0.4, -0.2) is 19.6 Å². The van der Waals surface area contributed by atoms with E-state index in [0.717, 1.165) is 11.3 Å². The molecule has 0 atom stereocenters. The van der Waals surface area contributed by atoms with Crippen LogP contribution in [0.5, 0.6) is 23.0 Å². The molecule has 29 heavy (non-hydrogen) atoms. The average Bonchev–Trinajstić information content (AvgIpc) is 2.75. The molecule has 148 valence electrons. The third-order valence-electron chi connectivity index (χ3n) is 4.02. The van der Waals surface area contributed by atoms with Gasteiger partial charge >= 0.3 is 0 Å². The maximum absolute atomic E-state index is 12.2. The molecule has 0 saturated heterocycles. The van der Waals surface area contributed by atoms with Crippen molar-refractivity contribution in [3.8, 4) is 23.0 Å². The summed E-state index contributed by atoms with van der Waals surface area (Å²) in [4.78, 5) is 12.2. The number of amides is 1. The van der Waals surface area contributed by atoms with Crippen LogP contribution in [0.25, 0.3) is 6.08 Å². The van der Waals surface area contributed by atoms with Crippen molar-refractivity contribution in [1.29, 1.82) is 0 Å². The summed E-state index contributed by atoms with van der Waals surface area (Å²) >= 11 is 0. The van der Waals surface area contributed by atoms with Crippen molar-refractivity contribution in [1.82, 2.24) is 0 Å². The van der Waals surface area contributed by atoms with E-state index in [0.29, 0.717) is 22.9 Å². The van der Waals surface area contributed by atoms with Crippen LogP contribution < -0.4 is 19.5 Å². The van der Waals surface area contributed by atoms with Crippen molar-refractivity contribution in [3.63, 3.8) is 0 Å². The summed E-state index contributed by atoms with van der Waals surface area (Å²) in [5.41, 5.74) is 1.66. The van der Waals surface area contributed by atoms with E-state index in [1.165, 1.54) is 0 Å². The maximum atomic E-state index is 12.2.